The number of carbonyl (C=O) groups excluding carboxylic acids is 2. The summed E-state index contributed by atoms with van der Waals surface area (Å²) in [4.78, 5) is 28.6. The van der Waals surface area contributed by atoms with E-state index in [4.69, 9.17) is 4.74 Å². The number of methoxy groups -OCH3 is 1. The second-order valence-electron chi connectivity index (χ2n) is 6.28. The molecule has 2 rings (SSSR count). The highest BCUT2D eigenvalue weighted by molar-refractivity contribution is 6.00. The minimum atomic E-state index is -0.285. The van der Waals surface area contributed by atoms with Crippen molar-refractivity contribution in [1.82, 2.24) is 10.2 Å². The minimum absolute atomic E-state index is 0.0171. The molecule has 6 nitrogen and oxygen atoms in total. The lowest BCUT2D eigenvalue weighted by molar-refractivity contribution is -0.126. The van der Waals surface area contributed by atoms with Crippen molar-refractivity contribution in [3.63, 3.8) is 0 Å². The Morgan fingerprint density at radius 1 is 1.36 bits per heavy atom. The molecule has 1 aromatic rings. The van der Waals surface area contributed by atoms with Crippen molar-refractivity contribution in [3.8, 4) is 5.75 Å². The Kier molecular flexibility index (Phi) is 7.25. The standard InChI is InChI=1S/C19H29N3O3/c1-4-21(5-2)11-7-10-20-19(24)15-12-18(23)22(14-15)16-8-6-9-17(13-16)25-3/h6,8-9,13,15H,4-5,7,10-12,14H2,1-3H3,(H,20,24)/t15-/m1/s1. The summed E-state index contributed by atoms with van der Waals surface area (Å²) in [5.74, 6) is 0.372. The first kappa shape index (κ1) is 19.2. The van der Waals surface area contributed by atoms with E-state index in [1.165, 1.54) is 0 Å². The molecule has 0 spiro atoms. The molecule has 0 radical (unpaired) electrons. The van der Waals surface area contributed by atoms with Crippen LogP contribution in [0.5, 0.6) is 5.75 Å². The molecule has 138 valence electrons. The Morgan fingerprint density at radius 3 is 2.80 bits per heavy atom. The molecule has 1 aliphatic rings. The van der Waals surface area contributed by atoms with Crippen molar-refractivity contribution in [3.05, 3.63) is 24.3 Å². The average molecular weight is 347 g/mol. The predicted octanol–water partition coefficient (Wildman–Crippen LogP) is 1.90. The Balaban J connectivity index is 1.83. The molecule has 0 unspecified atom stereocenters. The summed E-state index contributed by atoms with van der Waals surface area (Å²) in [5.41, 5.74) is 0.779. The second-order valence-corrected chi connectivity index (χ2v) is 6.28. The Hall–Kier alpha value is -2.08. The number of rotatable bonds is 9. The van der Waals surface area contributed by atoms with Gasteiger partial charge >= 0.3 is 0 Å². The third-order valence-corrected chi connectivity index (χ3v) is 4.71. The SMILES string of the molecule is CCN(CC)CCCNC(=O)[C@@H]1CC(=O)N(c2cccc(OC)c2)C1. The van der Waals surface area contributed by atoms with Crippen molar-refractivity contribution < 1.29 is 14.3 Å². The van der Waals surface area contributed by atoms with Gasteiger partial charge in [0.2, 0.25) is 11.8 Å². The van der Waals surface area contributed by atoms with Crippen LogP contribution in [0.3, 0.4) is 0 Å². The van der Waals surface area contributed by atoms with E-state index in [9.17, 15) is 9.59 Å². The molecule has 1 fully saturated rings. The van der Waals surface area contributed by atoms with Gasteiger partial charge in [0.1, 0.15) is 5.75 Å². The van der Waals surface area contributed by atoms with Gasteiger partial charge in [0.05, 0.1) is 13.0 Å². The summed E-state index contributed by atoms with van der Waals surface area (Å²) in [6.07, 6.45) is 1.19. The van der Waals surface area contributed by atoms with E-state index in [0.29, 0.717) is 18.8 Å². The summed E-state index contributed by atoms with van der Waals surface area (Å²) < 4.78 is 5.21. The Morgan fingerprint density at radius 2 is 2.12 bits per heavy atom. The molecule has 2 amide bonds. The molecule has 0 saturated carbocycles. The number of benzene rings is 1. The fourth-order valence-electron chi connectivity index (χ4n) is 3.11. The zero-order chi connectivity index (χ0) is 18.2. The van der Waals surface area contributed by atoms with Gasteiger partial charge in [0.15, 0.2) is 0 Å². The first-order chi connectivity index (χ1) is 12.1. The molecule has 0 aromatic heterocycles. The molecule has 1 N–H and O–H groups in total. The zero-order valence-electron chi connectivity index (χ0n) is 15.5. The van der Waals surface area contributed by atoms with Crippen LogP contribution in [-0.4, -0.2) is 56.5 Å². The molecular formula is C19H29N3O3. The number of hydrogen-bond acceptors (Lipinski definition) is 4. The second kappa shape index (κ2) is 9.42. The molecule has 1 heterocycles. The maximum Gasteiger partial charge on any atom is 0.227 e. The zero-order valence-corrected chi connectivity index (χ0v) is 15.5. The van der Waals surface area contributed by atoms with Crippen LogP contribution in [0, 0.1) is 5.92 Å². The van der Waals surface area contributed by atoms with E-state index < -0.39 is 0 Å². The number of anilines is 1. The van der Waals surface area contributed by atoms with Crippen LogP contribution < -0.4 is 15.0 Å². The topological polar surface area (TPSA) is 61.9 Å². The Labute approximate surface area is 150 Å². The summed E-state index contributed by atoms with van der Waals surface area (Å²) in [6, 6.07) is 7.37. The van der Waals surface area contributed by atoms with Crippen LogP contribution >= 0.6 is 0 Å². The van der Waals surface area contributed by atoms with E-state index in [0.717, 1.165) is 31.7 Å². The van der Waals surface area contributed by atoms with E-state index in [-0.39, 0.29) is 24.2 Å². The van der Waals surface area contributed by atoms with E-state index in [2.05, 4.69) is 24.1 Å². The third kappa shape index (κ3) is 5.19. The van der Waals surface area contributed by atoms with Crippen LogP contribution in [0.2, 0.25) is 0 Å². The van der Waals surface area contributed by atoms with Gasteiger partial charge in [0, 0.05) is 31.3 Å². The van der Waals surface area contributed by atoms with Gasteiger partial charge in [-0.15, -0.1) is 0 Å². The molecule has 1 aliphatic heterocycles. The van der Waals surface area contributed by atoms with Crippen molar-refractivity contribution >= 4 is 17.5 Å². The van der Waals surface area contributed by atoms with E-state index in [1.54, 1.807) is 12.0 Å². The number of nitrogens with zero attached hydrogens (tertiary/aromatic N) is 2. The normalized spacial score (nSPS) is 17.2. The first-order valence-corrected chi connectivity index (χ1v) is 9.03. The molecule has 0 aliphatic carbocycles. The van der Waals surface area contributed by atoms with Gasteiger partial charge in [-0.25, -0.2) is 0 Å². The number of nitrogens with one attached hydrogen (secondary N) is 1. The highest BCUT2D eigenvalue weighted by atomic mass is 16.5. The fraction of sp³-hybridized carbons (Fsp3) is 0.579. The fourth-order valence-corrected chi connectivity index (χ4v) is 3.11. The largest absolute Gasteiger partial charge is 0.497 e. The molecular weight excluding hydrogens is 318 g/mol. The molecule has 0 bridgehead atoms. The van der Waals surface area contributed by atoms with Gasteiger partial charge in [-0.05, 0) is 38.2 Å². The smallest absolute Gasteiger partial charge is 0.227 e. The van der Waals surface area contributed by atoms with Crippen molar-refractivity contribution in [2.75, 3.05) is 44.7 Å². The maximum atomic E-state index is 12.3. The monoisotopic (exact) mass is 347 g/mol. The molecule has 1 aromatic carbocycles. The predicted molar refractivity (Wildman–Crippen MR) is 98.9 cm³/mol. The number of ether oxygens (including phenoxy) is 1. The quantitative estimate of drug-likeness (QED) is 0.693. The Bertz CT molecular complexity index is 587. The van der Waals surface area contributed by atoms with Crippen LogP contribution in [0.1, 0.15) is 26.7 Å². The molecule has 6 heteroatoms. The van der Waals surface area contributed by atoms with Gasteiger partial charge in [-0.1, -0.05) is 19.9 Å². The number of amides is 2. The molecule has 1 atom stereocenters. The summed E-state index contributed by atoms with van der Waals surface area (Å²) >= 11 is 0. The molecule has 1 saturated heterocycles. The van der Waals surface area contributed by atoms with Crippen LogP contribution in [0.15, 0.2) is 24.3 Å². The summed E-state index contributed by atoms with van der Waals surface area (Å²) in [7, 11) is 1.60. The van der Waals surface area contributed by atoms with Crippen LogP contribution in [0.25, 0.3) is 0 Å². The average Bonchev–Trinajstić information content (AvgIpc) is 3.03. The van der Waals surface area contributed by atoms with Crippen molar-refractivity contribution in [2.45, 2.75) is 26.7 Å². The van der Waals surface area contributed by atoms with Gasteiger partial charge in [0.25, 0.3) is 0 Å². The number of hydrogen-bond donors (Lipinski definition) is 1. The number of carbonyl (C=O) groups is 2. The van der Waals surface area contributed by atoms with Crippen LogP contribution in [-0.2, 0) is 9.59 Å². The van der Waals surface area contributed by atoms with Gasteiger partial charge in [-0.2, -0.15) is 0 Å². The first-order valence-electron chi connectivity index (χ1n) is 9.03. The highest BCUT2D eigenvalue weighted by Crippen LogP contribution is 2.27. The lowest BCUT2D eigenvalue weighted by atomic mass is 10.1. The lowest BCUT2D eigenvalue weighted by Gasteiger charge is -2.19. The highest BCUT2D eigenvalue weighted by Gasteiger charge is 2.35. The lowest BCUT2D eigenvalue weighted by Crippen LogP contribution is -2.35. The third-order valence-electron chi connectivity index (χ3n) is 4.71. The molecule has 25 heavy (non-hydrogen) atoms. The van der Waals surface area contributed by atoms with Gasteiger partial charge in [-0.3, -0.25) is 9.59 Å². The summed E-state index contributed by atoms with van der Waals surface area (Å²) in [5, 5.41) is 2.97. The van der Waals surface area contributed by atoms with Crippen molar-refractivity contribution in [2.24, 2.45) is 5.92 Å². The van der Waals surface area contributed by atoms with Crippen molar-refractivity contribution in [1.29, 1.82) is 0 Å². The summed E-state index contributed by atoms with van der Waals surface area (Å²) in [6.45, 7) is 8.38. The maximum absolute atomic E-state index is 12.3. The van der Waals surface area contributed by atoms with Crippen LogP contribution in [0.4, 0.5) is 5.69 Å². The van der Waals surface area contributed by atoms with E-state index >= 15 is 0 Å². The minimum Gasteiger partial charge on any atom is -0.497 e. The van der Waals surface area contributed by atoms with Gasteiger partial charge < -0.3 is 19.9 Å². The van der Waals surface area contributed by atoms with E-state index in [1.807, 2.05) is 24.3 Å².